The van der Waals surface area contributed by atoms with E-state index in [0.29, 0.717) is 29.6 Å². The van der Waals surface area contributed by atoms with Gasteiger partial charge in [0.25, 0.3) is 0 Å². The van der Waals surface area contributed by atoms with Gasteiger partial charge in [-0.2, -0.15) is 20.5 Å². The molecule has 0 aliphatic carbocycles. The molecule has 1 aromatic rings. The van der Waals surface area contributed by atoms with Crippen molar-refractivity contribution in [1.29, 1.82) is 0 Å². The summed E-state index contributed by atoms with van der Waals surface area (Å²) in [5.74, 6) is 2.71. The van der Waals surface area contributed by atoms with Crippen molar-refractivity contribution in [1.82, 2.24) is 10.6 Å². The third kappa shape index (κ3) is 8.16. The molecule has 0 unspecified atom stereocenters. The highest BCUT2D eigenvalue weighted by Gasteiger charge is 2.20. The number of nitrogens with zero attached hydrogens (tertiary/aromatic N) is 1. The van der Waals surface area contributed by atoms with Crippen LogP contribution in [0.15, 0.2) is 17.1 Å². The zero-order valence-corrected chi connectivity index (χ0v) is 18.6. The molecule has 10 heteroatoms. The fourth-order valence-corrected chi connectivity index (χ4v) is 2.87. The van der Waals surface area contributed by atoms with Crippen LogP contribution in [0.5, 0.6) is 17.2 Å². The van der Waals surface area contributed by atoms with Gasteiger partial charge < -0.3 is 24.8 Å². The topological polar surface area (TPSA) is 64.1 Å². The summed E-state index contributed by atoms with van der Waals surface area (Å²) in [4.78, 5) is 4.46. The summed E-state index contributed by atoms with van der Waals surface area (Å²) < 4.78 is 40.5. The standard InChI is InChI=1S/C17H25F2N3O3S.HI/c1-3-20-17(21-6-4-5-7-26-2)22-10-12-8-14-15(24-11-23-14)9-13(12)25-16(18)19;/h8-9,16H,3-7,10-11H2,1-2H3,(H2,20,21,22);1H. The number of guanidine groups is 1. The van der Waals surface area contributed by atoms with E-state index in [1.165, 1.54) is 6.07 Å². The smallest absolute Gasteiger partial charge is 0.387 e. The lowest BCUT2D eigenvalue weighted by Gasteiger charge is -2.13. The molecule has 1 aromatic carbocycles. The summed E-state index contributed by atoms with van der Waals surface area (Å²) in [7, 11) is 0. The Hall–Kier alpha value is -1.17. The average Bonchev–Trinajstić information content (AvgIpc) is 3.05. The van der Waals surface area contributed by atoms with Crippen LogP contribution in [0.2, 0.25) is 0 Å². The van der Waals surface area contributed by atoms with E-state index >= 15 is 0 Å². The number of alkyl halides is 2. The van der Waals surface area contributed by atoms with Crippen LogP contribution >= 0.6 is 35.7 Å². The SMILES string of the molecule is CCNC(=NCc1cc2c(cc1OC(F)F)OCO2)NCCCCSC.I. The van der Waals surface area contributed by atoms with E-state index in [4.69, 9.17) is 9.47 Å². The number of ether oxygens (including phenoxy) is 3. The predicted octanol–water partition coefficient (Wildman–Crippen LogP) is 3.83. The lowest BCUT2D eigenvalue weighted by molar-refractivity contribution is -0.0505. The molecule has 27 heavy (non-hydrogen) atoms. The number of thioether (sulfide) groups is 1. The number of fused-ring (bicyclic) bond motifs is 1. The maximum absolute atomic E-state index is 12.7. The molecule has 0 saturated carbocycles. The van der Waals surface area contributed by atoms with Crippen LogP contribution in [0.3, 0.4) is 0 Å². The van der Waals surface area contributed by atoms with Crippen LogP contribution in [0.1, 0.15) is 25.3 Å². The van der Waals surface area contributed by atoms with Gasteiger partial charge in [-0.05, 0) is 37.8 Å². The molecule has 0 radical (unpaired) electrons. The molecule has 0 aromatic heterocycles. The number of nitrogens with one attached hydrogen (secondary N) is 2. The van der Waals surface area contributed by atoms with Crippen molar-refractivity contribution in [2.24, 2.45) is 4.99 Å². The van der Waals surface area contributed by atoms with Crippen LogP contribution < -0.4 is 24.8 Å². The Morgan fingerprint density at radius 1 is 1.26 bits per heavy atom. The summed E-state index contributed by atoms with van der Waals surface area (Å²) in [6.07, 6.45) is 4.25. The van der Waals surface area contributed by atoms with Gasteiger partial charge in [0.2, 0.25) is 6.79 Å². The number of rotatable bonds is 10. The predicted molar refractivity (Wildman–Crippen MR) is 115 cm³/mol. The van der Waals surface area contributed by atoms with E-state index in [2.05, 4.69) is 26.6 Å². The minimum atomic E-state index is -2.92. The quantitative estimate of drug-likeness (QED) is 0.213. The van der Waals surface area contributed by atoms with Crippen LogP contribution in [0.4, 0.5) is 8.78 Å². The molecule has 0 saturated heterocycles. The molecule has 154 valence electrons. The molecule has 0 amide bonds. The second kappa shape index (κ2) is 13.1. The van der Waals surface area contributed by atoms with Crippen LogP contribution in [0, 0.1) is 0 Å². The molecule has 6 nitrogen and oxygen atoms in total. The second-order valence-electron chi connectivity index (χ2n) is 5.51. The number of aliphatic imine (C=N–C) groups is 1. The third-order valence-electron chi connectivity index (χ3n) is 3.59. The van der Waals surface area contributed by atoms with Crippen molar-refractivity contribution >= 4 is 41.7 Å². The summed E-state index contributed by atoms with van der Waals surface area (Å²) in [6, 6.07) is 3.05. The first kappa shape index (κ1) is 23.9. The van der Waals surface area contributed by atoms with E-state index in [1.54, 1.807) is 6.07 Å². The summed E-state index contributed by atoms with van der Waals surface area (Å²) in [5, 5.41) is 6.39. The van der Waals surface area contributed by atoms with E-state index in [0.717, 1.165) is 25.1 Å². The highest BCUT2D eigenvalue weighted by Crippen LogP contribution is 2.38. The number of unbranched alkanes of at least 4 members (excludes halogenated alkanes) is 1. The molecule has 1 aliphatic rings. The Kier molecular flexibility index (Phi) is 11.6. The van der Waals surface area contributed by atoms with Gasteiger partial charge in [0.1, 0.15) is 5.75 Å². The first-order valence-corrected chi connectivity index (χ1v) is 9.91. The first-order chi connectivity index (χ1) is 12.6. The van der Waals surface area contributed by atoms with Crippen molar-refractivity contribution < 1.29 is 23.0 Å². The van der Waals surface area contributed by atoms with Gasteiger partial charge in [-0.3, -0.25) is 0 Å². The summed E-state index contributed by atoms with van der Waals surface area (Å²) in [6.45, 7) is 0.805. The number of halogens is 3. The number of hydrogen-bond donors (Lipinski definition) is 2. The number of benzene rings is 1. The molecule has 0 fully saturated rings. The molecule has 0 bridgehead atoms. The van der Waals surface area contributed by atoms with Gasteiger partial charge in [-0.1, -0.05) is 0 Å². The Morgan fingerprint density at radius 2 is 2.00 bits per heavy atom. The highest BCUT2D eigenvalue weighted by atomic mass is 127. The van der Waals surface area contributed by atoms with Gasteiger partial charge >= 0.3 is 6.61 Å². The van der Waals surface area contributed by atoms with E-state index in [1.807, 2.05) is 18.7 Å². The lowest BCUT2D eigenvalue weighted by atomic mass is 10.1. The zero-order chi connectivity index (χ0) is 18.8. The Labute approximate surface area is 179 Å². The van der Waals surface area contributed by atoms with Gasteiger partial charge in [-0.15, -0.1) is 24.0 Å². The van der Waals surface area contributed by atoms with Gasteiger partial charge in [0.05, 0.1) is 6.54 Å². The van der Waals surface area contributed by atoms with Crippen LogP contribution in [-0.4, -0.2) is 44.5 Å². The second-order valence-corrected chi connectivity index (χ2v) is 6.50. The van der Waals surface area contributed by atoms with Crippen molar-refractivity contribution in [3.8, 4) is 17.2 Å². The van der Waals surface area contributed by atoms with Gasteiger partial charge in [0.15, 0.2) is 17.5 Å². The average molecular weight is 517 g/mol. The van der Waals surface area contributed by atoms with Crippen molar-refractivity contribution in [3.05, 3.63) is 17.7 Å². The fourth-order valence-electron chi connectivity index (χ4n) is 2.38. The Morgan fingerprint density at radius 3 is 2.67 bits per heavy atom. The third-order valence-corrected chi connectivity index (χ3v) is 4.29. The Bertz CT molecular complexity index is 609. The van der Waals surface area contributed by atoms with E-state index in [-0.39, 0.29) is 43.1 Å². The maximum Gasteiger partial charge on any atom is 0.387 e. The molecular formula is C17H26F2IN3O3S. The van der Waals surface area contributed by atoms with Crippen LogP contribution in [-0.2, 0) is 6.54 Å². The summed E-state index contributed by atoms with van der Waals surface area (Å²) in [5.41, 5.74) is 0.508. The minimum absolute atomic E-state index is 0. The first-order valence-electron chi connectivity index (χ1n) is 8.52. The zero-order valence-electron chi connectivity index (χ0n) is 15.4. The van der Waals surface area contributed by atoms with Crippen molar-refractivity contribution in [3.63, 3.8) is 0 Å². The summed E-state index contributed by atoms with van der Waals surface area (Å²) >= 11 is 1.82. The Balaban J connectivity index is 0.00000364. The highest BCUT2D eigenvalue weighted by molar-refractivity contribution is 14.0. The molecule has 2 rings (SSSR count). The largest absolute Gasteiger partial charge is 0.454 e. The molecule has 0 spiro atoms. The van der Waals surface area contributed by atoms with E-state index < -0.39 is 6.61 Å². The van der Waals surface area contributed by atoms with Crippen LogP contribution in [0.25, 0.3) is 0 Å². The number of hydrogen-bond acceptors (Lipinski definition) is 5. The molecular weight excluding hydrogens is 491 g/mol. The van der Waals surface area contributed by atoms with Gasteiger partial charge in [0, 0.05) is 24.7 Å². The van der Waals surface area contributed by atoms with E-state index in [9.17, 15) is 8.78 Å². The normalized spacial score (nSPS) is 12.7. The molecule has 1 aliphatic heterocycles. The lowest BCUT2D eigenvalue weighted by Crippen LogP contribution is -2.37. The van der Waals surface area contributed by atoms with Crippen molar-refractivity contribution in [2.45, 2.75) is 32.9 Å². The van der Waals surface area contributed by atoms with Gasteiger partial charge in [-0.25, -0.2) is 4.99 Å². The maximum atomic E-state index is 12.7. The molecule has 1 heterocycles. The fraction of sp³-hybridized carbons (Fsp3) is 0.588. The van der Waals surface area contributed by atoms with Crippen molar-refractivity contribution in [2.75, 3.05) is 31.9 Å². The minimum Gasteiger partial charge on any atom is -0.454 e. The monoisotopic (exact) mass is 517 g/mol. The molecule has 0 atom stereocenters. The molecule has 2 N–H and O–H groups in total.